The number of nitrogens with one attached hydrogen (secondary N) is 2. The molecule has 6 aromatic heterocycles. The van der Waals surface area contributed by atoms with E-state index in [4.69, 9.17) is 27.4 Å². The molecule has 6 N–H and O–H groups in total. The highest BCUT2D eigenvalue weighted by molar-refractivity contribution is 9.10. The van der Waals surface area contributed by atoms with Gasteiger partial charge >= 0.3 is 7.12 Å². The molecule has 28 heteroatoms. The zero-order valence-electron chi connectivity index (χ0n) is 36.8. The molecule has 0 saturated heterocycles. The van der Waals surface area contributed by atoms with Gasteiger partial charge in [-0.25, -0.2) is 56.7 Å². The van der Waals surface area contributed by atoms with Crippen LogP contribution in [-0.2, 0) is 39.3 Å². The molecular formula is C42H41BBr2ClN15O7S2. The third kappa shape index (κ3) is 20.9. The number of hydrogen-bond acceptors (Lipinski definition) is 22. The molecule has 0 radical (unpaired) electrons. The maximum atomic E-state index is 12.5. The Morgan fingerprint density at radius 3 is 1.54 bits per heavy atom. The molecule has 8 rings (SSSR count). The second-order valence-corrected chi connectivity index (χ2v) is 19.8. The first kappa shape index (κ1) is 55.9. The maximum absolute atomic E-state index is 12.5. The standard InChI is InChI=1S/C17H15N5O3S.C9H8BrN5.C7H9BO4S.C5H7N3.C4H2BrClN2/c1-26(24,25)15-6-2-4-12(8-15)16(23)13-9-18-17(19-10-13)20-11-14-5-3-7-21-22-14;10-7-4-11-9(12-5-7)13-6-8-2-1-3-14-15-8;1-13(11,12)7-4-2-3-6(5-7)8(9)10;6-1-5-2-7-4-8-3-5;5-3-1-7-4(6)8-2-3/h2-10H,11H2,1H3,(H,18,19,20);1-5H,6H2,(H,11,12,13);2-5,9-10H,1H3;2-4H,1,6H2;1-2H. The fraction of sp³-hybridized carbons (Fsp3) is 0.119. The van der Waals surface area contributed by atoms with Crippen molar-refractivity contribution < 1.29 is 31.7 Å². The monoisotopic (exact) mass is 1140 g/mol. The van der Waals surface area contributed by atoms with Crippen LogP contribution < -0.4 is 21.8 Å². The van der Waals surface area contributed by atoms with Crippen LogP contribution in [0.3, 0.4) is 0 Å². The molecule has 0 fully saturated rings. The van der Waals surface area contributed by atoms with Gasteiger partial charge < -0.3 is 26.4 Å². The molecule has 70 heavy (non-hydrogen) atoms. The largest absolute Gasteiger partial charge is 0.488 e. The Bertz CT molecular complexity index is 3040. The topological polar surface area (TPSA) is 331 Å². The van der Waals surface area contributed by atoms with E-state index in [9.17, 15) is 21.6 Å². The predicted molar refractivity (Wildman–Crippen MR) is 268 cm³/mol. The van der Waals surface area contributed by atoms with E-state index in [0.717, 1.165) is 38.4 Å². The summed E-state index contributed by atoms with van der Waals surface area (Å²) in [5.74, 6) is 0.567. The Kier molecular flexibility index (Phi) is 22.9. The summed E-state index contributed by atoms with van der Waals surface area (Å²) < 4.78 is 47.0. The fourth-order valence-electron chi connectivity index (χ4n) is 4.81. The minimum absolute atomic E-state index is 0.0816. The van der Waals surface area contributed by atoms with Gasteiger partial charge in [-0.05, 0) is 97.5 Å². The summed E-state index contributed by atoms with van der Waals surface area (Å²) in [5, 5.41) is 39.3. The first-order valence-corrected chi connectivity index (χ1v) is 25.5. The van der Waals surface area contributed by atoms with Gasteiger partial charge in [-0.3, -0.25) is 4.79 Å². The van der Waals surface area contributed by atoms with Crippen LogP contribution in [0.4, 0.5) is 11.9 Å². The molecular weight excluding hydrogens is 1100 g/mol. The van der Waals surface area contributed by atoms with Crippen molar-refractivity contribution >= 4 is 93.4 Å². The molecule has 0 unspecified atom stereocenters. The van der Waals surface area contributed by atoms with Gasteiger partial charge in [0, 0.05) is 92.2 Å². The number of nitrogens with two attached hydrogens (primary N) is 1. The van der Waals surface area contributed by atoms with Crippen molar-refractivity contribution in [2.75, 3.05) is 23.1 Å². The highest BCUT2D eigenvalue weighted by atomic mass is 79.9. The van der Waals surface area contributed by atoms with E-state index in [0.29, 0.717) is 31.5 Å². The van der Waals surface area contributed by atoms with Gasteiger partial charge in [-0.1, -0.05) is 24.3 Å². The average Bonchev–Trinajstić information content (AvgIpc) is 3.37. The number of rotatable bonds is 12. The van der Waals surface area contributed by atoms with Crippen molar-refractivity contribution in [1.82, 2.24) is 60.3 Å². The smallest absolute Gasteiger partial charge is 0.423 e. The lowest BCUT2D eigenvalue weighted by molar-refractivity contribution is 0.103. The quantitative estimate of drug-likeness (QED) is 0.0660. The van der Waals surface area contributed by atoms with Crippen LogP contribution >= 0.6 is 43.5 Å². The Labute approximate surface area is 424 Å². The molecule has 0 spiro atoms. The molecule has 0 bridgehead atoms. The number of halogens is 3. The molecule has 0 aliphatic carbocycles. The summed E-state index contributed by atoms with van der Waals surface area (Å²) in [6, 6.07) is 18.7. The molecule has 0 aliphatic rings. The van der Waals surface area contributed by atoms with Crippen LogP contribution in [0, 0.1) is 0 Å². The lowest BCUT2D eigenvalue weighted by Gasteiger charge is -2.06. The Balaban J connectivity index is 0.000000206. The molecule has 0 atom stereocenters. The number of carbonyl (C=O) groups is 1. The first-order chi connectivity index (χ1) is 33.4. The lowest BCUT2D eigenvalue weighted by atomic mass is 9.80. The van der Waals surface area contributed by atoms with Crippen molar-refractivity contribution in [2.24, 2.45) is 5.73 Å². The summed E-state index contributed by atoms with van der Waals surface area (Å²) in [6.45, 7) is 1.48. The van der Waals surface area contributed by atoms with Crippen LogP contribution in [-0.4, -0.2) is 113 Å². The summed E-state index contributed by atoms with van der Waals surface area (Å²) in [7, 11) is -8.30. The van der Waals surface area contributed by atoms with Crippen molar-refractivity contribution in [3.63, 3.8) is 0 Å². The minimum Gasteiger partial charge on any atom is -0.423 e. The second kappa shape index (κ2) is 28.7. The molecule has 8 aromatic rings. The van der Waals surface area contributed by atoms with E-state index in [-0.39, 0.29) is 37.4 Å². The number of hydrogen-bond donors (Lipinski definition) is 5. The number of sulfone groups is 2. The van der Waals surface area contributed by atoms with E-state index < -0.39 is 26.8 Å². The highest BCUT2D eigenvalue weighted by Crippen LogP contribution is 2.16. The van der Waals surface area contributed by atoms with Gasteiger partial charge in [0.05, 0.1) is 48.8 Å². The first-order valence-electron chi connectivity index (χ1n) is 19.8. The summed E-state index contributed by atoms with van der Waals surface area (Å²) in [4.78, 5) is 43.9. The highest BCUT2D eigenvalue weighted by Gasteiger charge is 2.15. The zero-order valence-corrected chi connectivity index (χ0v) is 42.4. The minimum atomic E-state index is -3.39. The average molecular weight is 1140 g/mol. The van der Waals surface area contributed by atoms with E-state index >= 15 is 0 Å². The molecule has 0 saturated carbocycles. The van der Waals surface area contributed by atoms with E-state index in [1.54, 1.807) is 61.7 Å². The van der Waals surface area contributed by atoms with Gasteiger partial charge in [0.1, 0.15) is 6.33 Å². The van der Waals surface area contributed by atoms with E-state index in [1.165, 1.54) is 61.2 Å². The van der Waals surface area contributed by atoms with Gasteiger partial charge in [0.15, 0.2) is 25.5 Å². The molecule has 0 amide bonds. The summed E-state index contributed by atoms with van der Waals surface area (Å²) >= 11 is 11.8. The fourth-order valence-corrected chi connectivity index (χ4v) is 6.66. The second-order valence-electron chi connectivity index (χ2n) is 13.6. The summed E-state index contributed by atoms with van der Waals surface area (Å²) in [5.41, 5.74) is 8.51. The van der Waals surface area contributed by atoms with Crippen LogP contribution in [0.1, 0.15) is 32.9 Å². The number of nitrogens with zero attached hydrogens (tertiary/aromatic N) is 12. The molecule has 6 heterocycles. The van der Waals surface area contributed by atoms with E-state index in [1.807, 2.05) is 18.2 Å². The predicted octanol–water partition coefficient (Wildman–Crippen LogP) is 3.75. The Hall–Kier alpha value is -6.72. The molecule has 2 aromatic carbocycles. The Morgan fingerprint density at radius 1 is 0.643 bits per heavy atom. The number of ketones is 1. The van der Waals surface area contributed by atoms with Crippen molar-refractivity contribution in [1.29, 1.82) is 0 Å². The van der Waals surface area contributed by atoms with Crippen LogP contribution in [0.15, 0.2) is 160 Å². The number of carbonyl (C=O) groups excluding carboxylic acids is 1. The van der Waals surface area contributed by atoms with E-state index in [2.05, 4.69) is 103 Å². The third-order valence-electron chi connectivity index (χ3n) is 8.19. The number of aromatic nitrogens is 12. The molecule has 0 aliphatic heterocycles. The third-order valence-corrected chi connectivity index (χ3v) is 11.4. The lowest BCUT2D eigenvalue weighted by Crippen LogP contribution is -2.30. The van der Waals surface area contributed by atoms with Crippen molar-refractivity contribution in [3.8, 4) is 0 Å². The van der Waals surface area contributed by atoms with Crippen LogP contribution in [0.5, 0.6) is 0 Å². The number of benzene rings is 2. The van der Waals surface area contributed by atoms with Gasteiger partial charge in [0.2, 0.25) is 17.2 Å². The SMILES string of the molecule is Brc1cnc(NCc2cccnn2)nc1.CS(=O)(=O)c1cccc(B(O)O)c1.CS(=O)(=O)c1cccc(C(=O)c2cnc(NCc3cccnn3)nc2)c1.Clc1ncc(Br)cn1.NCc1cncnc1. The van der Waals surface area contributed by atoms with Crippen LogP contribution in [0.25, 0.3) is 0 Å². The molecule has 22 nitrogen and oxygen atoms in total. The van der Waals surface area contributed by atoms with Crippen molar-refractivity contribution in [3.05, 3.63) is 183 Å². The maximum Gasteiger partial charge on any atom is 0.488 e. The molecule has 362 valence electrons. The normalized spacial score (nSPS) is 10.5. The zero-order chi connectivity index (χ0) is 50.9. The van der Waals surface area contributed by atoms with Crippen molar-refractivity contribution in [2.45, 2.75) is 29.4 Å². The van der Waals surface area contributed by atoms with Gasteiger partial charge in [0.25, 0.3) is 0 Å². The van der Waals surface area contributed by atoms with Gasteiger partial charge in [-0.2, -0.15) is 20.4 Å². The van der Waals surface area contributed by atoms with Gasteiger partial charge in [-0.15, -0.1) is 0 Å². The number of anilines is 2. The summed E-state index contributed by atoms with van der Waals surface area (Å²) in [6.07, 6.45) is 19.6. The van der Waals surface area contributed by atoms with Crippen LogP contribution in [0.2, 0.25) is 5.28 Å². The Morgan fingerprint density at radius 2 is 1.11 bits per heavy atom.